The lowest BCUT2D eigenvalue weighted by Crippen LogP contribution is -2.31. The molecule has 19 heavy (non-hydrogen) atoms. The minimum Gasteiger partial charge on any atom is -0.339 e. The number of thiophene rings is 1. The maximum Gasteiger partial charge on any atom is 0.231 e. The Bertz CT molecular complexity index is 509. The summed E-state index contributed by atoms with van der Waals surface area (Å²) in [7, 11) is 2.03. The molecule has 0 aromatic carbocycles. The van der Waals surface area contributed by atoms with E-state index in [1.54, 1.807) is 11.3 Å². The molecule has 3 rings (SSSR count). The third-order valence-electron chi connectivity index (χ3n) is 3.89. The minimum absolute atomic E-state index is 0.355. The third-order valence-corrected chi connectivity index (χ3v) is 4.75. The summed E-state index contributed by atoms with van der Waals surface area (Å²) in [6.45, 7) is 0. The van der Waals surface area contributed by atoms with Crippen molar-refractivity contribution in [2.24, 2.45) is 0 Å². The Hall–Kier alpha value is -1.20. The second-order valence-corrected chi connectivity index (χ2v) is 6.02. The van der Waals surface area contributed by atoms with Gasteiger partial charge in [-0.1, -0.05) is 30.5 Å². The second kappa shape index (κ2) is 5.84. The lowest BCUT2D eigenvalue weighted by atomic mass is 9.95. The molecule has 1 N–H and O–H groups in total. The average Bonchev–Trinajstić information content (AvgIpc) is 3.05. The van der Waals surface area contributed by atoms with Crippen molar-refractivity contribution in [1.82, 2.24) is 15.5 Å². The van der Waals surface area contributed by atoms with E-state index < -0.39 is 0 Å². The Morgan fingerprint density at radius 1 is 1.32 bits per heavy atom. The highest BCUT2D eigenvalue weighted by atomic mass is 32.1. The molecule has 0 aliphatic heterocycles. The van der Waals surface area contributed by atoms with E-state index in [1.165, 1.54) is 25.7 Å². The fourth-order valence-corrected chi connectivity index (χ4v) is 3.49. The molecular weight excluding hydrogens is 258 g/mol. The summed E-state index contributed by atoms with van der Waals surface area (Å²) in [5, 5.41) is 9.58. The molecule has 0 spiro atoms. The van der Waals surface area contributed by atoms with E-state index in [0.29, 0.717) is 12.0 Å². The van der Waals surface area contributed by atoms with Crippen LogP contribution in [-0.4, -0.2) is 23.2 Å². The highest BCUT2D eigenvalue weighted by molar-refractivity contribution is 7.13. The molecule has 0 bridgehead atoms. The Kier molecular flexibility index (Phi) is 3.94. The maximum absolute atomic E-state index is 5.52. The van der Waals surface area contributed by atoms with E-state index in [4.69, 9.17) is 4.52 Å². The number of nitrogens with zero attached hydrogens (tertiary/aromatic N) is 2. The van der Waals surface area contributed by atoms with Crippen LogP contribution in [0.25, 0.3) is 10.7 Å². The summed E-state index contributed by atoms with van der Waals surface area (Å²) in [6.07, 6.45) is 6.17. The van der Waals surface area contributed by atoms with E-state index in [2.05, 4.69) is 15.5 Å². The van der Waals surface area contributed by atoms with E-state index in [1.807, 2.05) is 24.6 Å². The van der Waals surface area contributed by atoms with Gasteiger partial charge in [-0.15, -0.1) is 11.3 Å². The van der Waals surface area contributed by atoms with E-state index in [0.717, 1.165) is 23.0 Å². The zero-order valence-electron chi connectivity index (χ0n) is 11.1. The molecule has 2 aromatic rings. The summed E-state index contributed by atoms with van der Waals surface area (Å²) >= 11 is 1.65. The van der Waals surface area contributed by atoms with Gasteiger partial charge in [0.2, 0.25) is 11.7 Å². The summed E-state index contributed by atoms with van der Waals surface area (Å²) in [5.41, 5.74) is 0. The number of nitrogens with one attached hydrogen (secondary N) is 1. The zero-order valence-corrected chi connectivity index (χ0v) is 11.9. The molecule has 0 radical (unpaired) electrons. The van der Waals surface area contributed by atoms with Gasteiger partial charge in [0.25, 0.3) is 0 Å². The zero-order chi connectivity index (χ0) is 13.1. The van der Waals surface area contributed by atoms with Gasteiger partial charge < -0.3 is 9.84 Å². The Labute approximate surface area is 117 Å². The van der Waals surface area contributed by atoms with Gasteiger partial charge in [0, 0.05) is 6.04 Å². The molecule has 2 atom stereocenters. The lowest BCUT2D eigenvalue weighted by molar-refractivity contribution is 0.311. The van der Waals surface area contributed by atoms with Gasteiger partial charge in [-0.2, -0.15) is 4.98 Å². The van der Waals surface area contributed by atoms with Crippen LogP contribution in [-0.2, 0) is 0 Å². The Morgan fingerprint density at radius 3 is 3.00 bits per heavy atom. The summed E-state index contributed by atoms with van der Waals surface area (Å²) in [5.74, 6) is 1.88. The van der Waals surface area contributed by atoms with Gasteiger partial charge in [-0.3, -0.25) is 0 Å². The maximum atomic E-state index is 5.52. The van der Waals surface area contributed by atoms with Crippen LogP contribution in [0.1, 0.15) is 43.9 Å². The van der Waals surface area contributed by atoms with Crippen molar-refractivity contribution < 1.29 is 4.52 Å². The predicted octanol–water partition coefficient (Wildman–Crippen LogP) is 3.43. The van der Waals surface area contributed by atoms with Crippen LogP contribution < -0.4 is 5.32 Å². The van der Waals surface area contributed by atoms with Crippen molar-refractivity contribution in [3.63, 3.8) is 0 Å². The molecule has 1 aliphatic rings. The topological polar surface area (TPSA) is 51.0 Å². The first-order valence-electron chi connectivity index (χ1n) is 6.93. The van der Waals surface area contributed by atoms with Crippen LogP contribution in [0.3, 0.4) is 0 Å². The predicted molar refractivity (Wildman–Crippen MR) is 76.3 cm³/mol. The van der Waals surface area contributed by atoms with Crippen molar-refractivity contribution in [2.75, 3.05) is 7.05 Å². The number of aromatic nitrogens is 2. The first-order valence-corrected chi connectivity index (χ1v) is 7.81. The molecule has 0 saturated heterocycles. The molecule has 102 valence electrons. The van der Waals surface area contributed by atoms with Crippen molar-refractivity contribution >= 4 is 11.3 Å². The van der Waals surface area contributed by atoms with Crippen molar-refractivity contribution in [3.05, 3.63) is 23.4 Å². The quantitative estimate of drug-likeness (QED) is 0.873. The van der Waals surface area contributed by atoms with Gasteiger partial charge in [-0.25, -0.2) is 0 Å². The standard InChI is InChI=1S/C14H19N3OS/c1-15-11-7-4-2-3-6-10(11)14-16-13(17-18-14)12-8-5-9-19-12/h5,8-11,15H,2-4,6-7H2,1H3. The fourth-order valence-electron chi connectivity index (χ4n) is 2.84. The first-order chi connectivity index (χ1) is 9.38. The van der Waals surface area contributed by atoms with Crippen LogP contribution >= 0.6 is 11.3 Å². The molecular formula is C14H19N3OS. The van der Waals surface area contributed by atoms with E-state index in [9.17, 15) is 0 Å². The van der Waals surface area contributed by atoms with Gasteiger partial charge in [-0.05, 0) is 31.3 Å². The smallest absolute Gasteiger partial charge is 0.231 e. The van der Waals surface area contributed by atoms with Gasteiger partial charge in [0.05, 0.1) is 10.8 Å². The van der Waals surface area contributed by atoms with Crippen LogP contribution in [0, 0.1) is 0 Å². The molecule has 4 nitrogen and oxygen atoms in total. The summed E-state index contributed by atoms with van der Waals surface area (Å²) < 4.78 is 5.52. The SMILES string of the molecule is CNC1CCCCCC1c1nc(-c2cccs2)no1. The Morgan fingerprint density at radius 2 is 2.21 bits per heavy atom. The molecule has 1 aliphatic carbocycles. The van der Waals surface area contributed by atoms with Gasteiger partial charge >= 0.3 is 0 Å². The van der Waals surface area contributed by atoms with Crippen molar-refractivity contribution in [2.45, 2.75) is 44.1 Å². The van der Waals surface area contributed by atoms with Crippen LogP contribution in [0.5, 0.6) is 0 Å². The summed E-state index contributed by atoms with van der Waals surface area (Å²) in [4.78, 5) is 5.68. The van der Waals surface area contributed by atoms with Crippen LogP contribution in [0.2, 0.25) is 0 Å². The van der Waals surface area contributed by atoms with Gasteiger partial charge in [0.15, 0.2) is 0 Å². The Balaban J connectivity index is 1.84. The monoisotopic (exact) mass is 277 g/mol. The average molecular weight is 277 g/mol. The highest BCUT2D eigenvalue weighted by Gasteiger charge is 2.28. The van der Waals surface area contributed by atoms with Crippen molar-refractivity contribution in [1.29, 1.82) is 0 Å². The molecule has 1 saturated carbocycles. The molecule has 2 aromatic heterocycles. The normalized spacial score (nSPS) is 24.3. The minimum atomic E-state index is 0.355. The molecule has 1 fully saturated rings. The number of likely N-dealkylation sites (N-methyl/N-ethyl adjacent to an activating group) is 1. The van der Waals surface area contributed by atoms with Crippen molar-refractivity contribution in [3.8, 4) is 10.7 Å². The summed E-state index contributed by atoms with van der Waals surface area (Å²) in [6, 6.07) is 4.50. The lowest BCUT2D eigenvalue weighted by Gasteiger charge is -2.20. The molecule has 0 amide bonds. The first kappa shape index (κ1) is 12.8. The second-order valence-electron chi connectivity index (χ2n) is 5.07. The largest absolute Gasteiger partial charge is 0.339 e. The highest BCUT2D eigenvalue weighted by Crippen LogP contribution is 2.32. The molecule has 5 heteroatoms. The number of hydrogen-bond acceptors (Lipinski definition) is 5. The fraction of sp³-hybridized carbons (Fsp3) is 0.571. The third kappa shape index (κ3) is 2.72. The van der Waals surface area contributed by atoms with E-state index >= 15 is 0 Å². The molecule has 2 unspecified atom stereocenters. The molecule has 2 heterocycles. The number of hydrogen-bond donors (Lipinski definition) is 1. The number of rotatable bonds is 3. The van der Waals surface area contributed by atoms with Gasteiger partial charge in [0.1, 0.15) is 0 Å². The van der Waals surface area contributed by atoms with Crippen LogP contribution in [0.4, 0.5) is 0 Å². The van der Waals surface area contributed by atoms with E-state index in [-0.39, 0.29) is 0 Å². The van der Waals surface area contributed by atoms with Crippen LogP contribution in [0.15, 0.2) is 22.0 Å².